The smallest absolute Gasteiger partial charge is 0.407 e. The highest BCUT2D eigenvalue weighted by Crippen LogP contribution is 2.44. The number of methoxy groups -OCH3 is 1. The van der Waals surface area contributed by atoms with Crippen LogP contribution in [0.15, 0.2) is 49.1 Å². The highest BCUT2D eigenvalue weighted by molar-refractivity contribution is 7.19. The van der Waals surface area contributed by atoms with Gasteiger partial charge in [0.2, 0.25) is 0 Å². The Balaban J connectivity index is 0.000000176. The molecule has 4 fully saturated rings. The van der Waals surface area contributed by atoms with Crippen molar-refractivity contribution in [3.05, 3.63) is 69.1 Å². The number of fused-ring (bicyclic) bond motifs is 8. The van der Waals surface area contributed by atoms with Crippen LogP contribution in [0.3, 0.4) is 0 Å². The number of hydrogen-bond acceptors (Lipinski definition) is 16. The van der Waals surface area contributed by atoms with Gasteiger partial charge < -0.3 is 49.7 Å². The molecule has 0 radical (unpaired) electrons. The number of benzene rings is 2. The predicted molar refractivity (Wildman–Crippen MR) is 308 cm³/mol. The second-order valence-corrected chi connectivity index (χ2v) is 31.4. The zero-order valence-electron chi connectivity index (χ0n) is 44.0. The summed E-state index contributed by atoms with van der Waals surface area (Å²) in [6.45, 7) is 14.2. The van der Waals surface area contributed by atoms with Crippen molar-refractivity contribution in [3.8, 4) is 22.3 Å². The van der Waals surface area contributed by atoms with Crippen molar-refractivity contribution in [3.63, 3.8) is 0 Å². The van der Waals surface area contributed by atoms with Crippen molar-refractivity contribution >= 4 is 114 Å². The minimum absolute atomic E-state index is 0.0729. The Labute approximate surface area is 460 Å². The van der Waals surface area contributed by atoms with Gasteiger partial charge in [-0.1, -0.05) is 55.0 Å². The molecule has 0 aliphatic carbocycles. The number of nitrogens with zero attached hydrogens (tertiary/aromatic N) is 9. The lowest BCUT2D eigenvalue weighted by atomic mass is 9.97. The number of aromatic nitrogens is 8. The Bertz CT molecular complexity index is 3420. The molecule has 0 spiro atoms. The summed E-state index contributed by atoms with van der Waals surface area (Å²) < 4.78 is 20.9. The fourth-order valence-electron chi connectivity index (χ4n) is 11.6. The maximum absolute atomic E-state index is 12.5. The summed E-state index contributed by atoms with van der Waals surface area (Å²) in [4.78, 5) is 49.6. The number of piperidine rings is 2. The van der Waals surface area contributed by atoms with Crippen LogP contribution in [-0.2, 0) is 34.2 Å². The minimum atomic E-state index is -1.24. The lowest BCUT2D eigenvalue weighted by Crippen LogP contribution is -2.51. The average molecular weight is 1130 g/mol. The number of anilines is 2. The predicted octanol–water partition coefficient (Wildman–Crippen LogP) is 11.7. The highest BCUT2D eigenvalue weighted by atomic mass is 35.5. The van der Waals surface area contributed by atoms with Gasteiger partial charge in [-0.25, -0.2) is 34.7 Å². The van der Waals surface area contributed by atoms with Crippen LogP contribution in [0.4, 0.5) is 16.4 Å². The fraction of sp³-hybridized carbons (Fsp3) is 0.500. The van der Waals surface area contributed by atoms with Gasteiger partial charge in [-0.3, -0.25) is 0 Å². The van der Waals surface area contributed by atoms with Crippen molar-refractivity contribution in [1.29, 1.82) is 0 Å². The van der Waals surface area contributed by atoms with E-state index in [1.807, 2.05) is 63.6 Å². The maximum Gasteiger partial charge on any atom is 0.407 e. The molecule has 4 aliphatic rings. The van der Waals surface area contributed by atoms with Crippen LogP contribution in [0.2, 0.25) is 35.7 Å². The molecule has 76 heavy (non-hydrogen) atoms. The number of nitrogens with one attached hydrogen (secondary N) is 2. The van der Waals surface area contributed by atoms with Crippen molar-refractivity contribution in [2.45, 2.75) is 160 Å². The van der Waals surface area contributed by atoms with E-state index in [9.17, 15) is 9.90 Å². The standard InChI is InChI=1S/C33H45ClN6O4SSi.C21H21ClN6OS/c1-33(2,3)44-32(41)36-20-14-21-8-9-22(15-20)40(21)26-16-35-29-24(17-39(31(29)38-26)19-43-12-13-46(5,6)7)23-10-11-25-30(28(23)34)45-27(37-25)18-42-4;22-18-13(3-4-15-20(18)30-17(9-29)26-15)14-7-25-21-19(14)24-8-16(27-21)28-11-1-2-12(28)6-10(23)5-11/h10-11,16-17,20-22H,8-9,12-15,18-19H2,1-7H3,(H,36,41);3-4,7-8,10-12,29H,1-2,5-6,9,23H2,(H,25,27)/t20?,21-,22+;10?,11-,12+. The van der Waals surface area contributed by atoms with Crippen LogP contribution in [-0.4, -0.2) is 114 Å². The number of alkyl carbamates (subject to hydrolysis) is 1. The largest absolute Gasteiger partial charge is 0.444 e. The molecule has 2 unspecified atom stereocenters. The molecule has 10 heterocycles. The van der Waals surface area contributed by atoms with Crippen molar-refractivity contribution in [2.75, 3.05) is 23.5 Å². The van der Waals surface area contributed by atoms with Gasteiger partial charge in [0, 0.05) is 92.7 Å². The van der Waals surface area contributed by atoms with Gasteiger partial charge in [-0.15, -0.1) is 22.7 Å². The molecule has 4 saturated heterocycles. The molecule has 22 heteroatoms. The van der Waals surface area contributed by atoms with Crippen LogP contribution >= 0.6 is 45.9 Å². The molecule has 4 aliphatic heterocycles. The Morgan fingerprint density at radius 2 is 1.39 bits per heavy atom. The fourth-order valence-corrected chi connectivity index (χ4v) is 15.0. The third kappa shape index (κ3) is 10.8. The Kier molecular flexibility index (Phi) is 14.9. The molecule has 4 bridgehead atoms. The van der Waals surface area contributed by atoms with E-state index in [-0.39, 0.29) is 30.8 Å². The first-order valence-corrected chi connectivity index (χ1v) is 32.4. The second-order valence-electron chi connectivity index (χ2n) is 22.9. The molecule has 402 valence electrons. The van der Waals surface area contributed by atoms with E-state index in [1.165, 1.54) is 24.2 Å². The number of carbonyl (C=O) groups is 1. The summed E-state index contributed by atoms with van der Waals surface area (Å²) in [5.41, 5.74) is 14.1. The summed E-state index contributed by atoms with van der Waals surface area (Å²) in [7, 11) is 0.432. The molecule has 6 atom stereocenters. The second kappa shape index (κ2) is 21.3. The van der Waals surface area contributed by atoms with E-state index in [0.29, 0.717) is 53.1 Å². The Morgan fingerprint density at radius 1 is 0.816 bits per heavy atom. The van der Waals surface area contributed by atoms with Crippen LogP contribution in [0.5, 0.6) is 0 Å². The molecular formula is C54H66Cl2N12O5S2Si. The first-order chi connectivity index (χ1) is 36.4. The normalized spacial score (nSPS) is 21.6. The number of aromatic amines is 1. The Hall–Kier alpha value is -5.03. The first-order valence-electron chi connectivity index (χ1n) is 26.3. The lowest BCUT2D eigenvalue weighted by Gasteiger charge is -2.39. The van der Waals surface area contributed by atoms with Crippen LogP contribution in [0.1, 0.15) is 82.2 Å². The molecule has 5 N–H and O–H groups in total. The monoisotopic (exact) mass is 1120 g/mol. The number of aliphatic hydroxyl groups excluding tert-OH is 1. The number of aliphatic hydroxyl groups is 1. The summed E-state index contributed by atoms with van der Waals surface area (Å²) in [6.07, 6.45) is 15.6. The molecule has 0 saturated carbocycles. The lowest BCUT2D eigenvalue weighted by molar-refractivity contribution is 0.0492. The number of ether oxygens (including phenoxy) is 3. The number of thiazole rings is 2. The van der Waals surface area contributed by atoms with Crippen LogP contribution in [0.25, 0.3) is 65.0 Å². The highest BCUT2D eigenvalue weighted by Gasteiger charge is 2.43. The van der Waals surface area contributed by atoms with Gasteiger partial charge in [-0.05, 0) is 90.3 Å². The third-order valence-electron chi connectivity index (χ3n) is 15.0. The molecule has 2 aromatic carbocycles. The van der Waals surface area contributed by atoms with E-state index in [2.05, 4.69) is 60.5 Å². The third-order valence-corrected chi connectivity index (χ3v) is 19.8. The zero-order chi connectivity index (χ0) is 53.2. The van der Waals surface area contributed by atoms with Crippen molar-refractivity contribution in [2.24, 2.45) is 5.73 Å². The summed E-state index contributed by atoms with van der Waals surface area (Å²) >= 11 is 16.7. The number of amides is 1. The topological polar surface area (TPSA) is 208 Å². The Morgan fingerprint density at radius 3 is 2.00 bits per heavy atom. The van der Waals surface area contributed by atoms with Crippen molar-refractivity contribution in [1.82, 2.24) is 44.8 Å². The SMILES string of the molecule is COCc1nc2ccc(-c3cn(COCC[Si](C)(C)C)c4nc(N5[C@@H]6CC[C@H]5CC(NC(=O)OC(C)(C)C)C6)cnc34)c(Cl)c2s1.NC1C[C@H]2CC[C@@H](C1)N2c1cnc2c(-c3ccc4nc(CO)sc4c3Cl)c[nH]c2n1. The number of nitrogens with two attached hydrogens (primary N) is 1. The average Bonchev–Trinajstić information content (AvgIpc) is 4.24. The van der Waals surface area contributed by atoms with Gasteiger partial charge >= 0.3 is 6.09 Å². The first kappa shape index (κ1) is 53.0. The molecule has 1 amide bonds. The molecule has 17 nitrogen and oxygen atoms in total. The van der Waals surface area contributed by atoms with Gasteiger partial charge in [0.15, 0.2) is 11.3 Å². The van der Waals surface area contributed by atoms with E-state index in [0.717, 1.165) is 126 Å². The minimum Gasteiger partial charge on any atom is -0.444 e. The molecule has 6 aromatic heterocycles. The van der Waals surface area contributed by atoms with Crippen LogP contribution in [0, 0.1) is 0 Å². The van der Waals surface area contributed by atoms with E-state index in [1.54, 1.807) is 18.4 Å². The maximum atomic E-state index is 12.5. The molecular weight excluding hydrogens is 1060 g/mol. The molecule has 8 aromatic rings. The van der Waals surface area contributed by atoms with Crippen LogP contribution < -0.4 is 20.9 Å². The van der Waals surface area contributed by atoms with Gasteiger partial charge in [0.1, 0.15) is 45.0 Å². The summed E-state index contributed by atoms with van der Waals surface area (Å²) in [5, 5.41) is 15.3. The number of halogens is 2. The number of carbonyl (C=O) groups excluding carboxylic acids is 1. The molecule has 12 rings (SSSR count). The van der Waals surface area contributed by atoms with Gasteiger partial charge in [0.25, 0.3) is 0 Å². The number of rotatable bonds is 13. The summed E-state index contributed by atoms with van der Waals surface area (Å²) in [5.74, 6) is 1.78. The van der Waals surface area contributed by atoms with E-state index in [4.69, 9.17) is 63.1 Å². The van der Waals surface area contributed by atoms with E-state index < -0.39 is 13.7 Å². The number of H-pyrrole nitrogens is 1. The van der Waals surface area contributed by atoms with E-state index >= 15 is 0 Å². The zero-order valence-corrected chi connectivity index (χ0v) is 48.2. The van der Waals surface area contributed by atoms with Gasteiger partial charge in [0.05, 0.1) is 56.1 Å². The summed E-state index contributed by atoms with van der Waals surface area (Å²) in [6, 6.07) is 10.8. The quantitative estimate of drug-likeness (QED) is 0.0626. The number of hydrogen-bond donors (Lipinski definition) is 4. The van der Waals surface area contributed by atoms with Gasteiger partial charge in [-0.2, -0.15) is 0 Å². The van der Waals surface area contributed by atoms with Crippen molar-refractivity contribution < 1.29 is 24.1 Å².